The molecule has 2 heterocycles. The third-order valence-corrected chi connectivity index (χ3v) is 2.97. The number of fused-ring (bicyclic) bond motifs is 1. The zero-order valence-corrected chi connectivity index (χ0v) is 8.52. The van der Waals surface area contributed by atoms with Crippen molar-refractivity contribution in [3.05, 3.63) is 21.8 Å². The zero-order chi connectivity index (χ0) is 8.55. The van der Waals surface area contributed by atoms with E-state index < -0.39 is 0 Å². The smallest absolute Gasteiger partial charge is 0.216 e. The topological polar surface area (TPSA) is 22.1 Å². The molecule has 0 saturated heterocycles. The summed E-state index contributed by atoms with van der Waals surface area (Å²) in [6.45, 7) is 2.90. The van der Waals surface area contributed by atoms with E-state index in [1.165, 1.54) is 11.1 Å². The fourth-order valence-corrected chi connectivity index (χ4v) is 1.77. The summed E-state index contributed by atoms with van der Waals surface area (Å²) in [5.41, 5.74) is 2.52. The molecule has 1 aliphatic rings. The van der Waals surface area contributed by atoms with Gasteiger partial charge in [0.15, 0.2) is 0 Å². The number of nitrogens with zero attached hydrogens (tertiary/aromatic N) is 1. The maximum atomic E-state index is 5.43. The highest BCUT2D eigenvalue weighted by Gasteiger charge is 2.14. The lowest BCUT2D eigenvalue weighted by Gasteiger charge is -2.18. The molecule has 0 atom stereocenters. The number of pyridine rings is 1. The lowest BCUT2D eigenvalue weighted by molar-refractivity contribution is 0.275. The predicted octanol–water partition coefficient (Wildman–Crippen LogP) is 2.48. The van der Waals surface area contributed by atoms with Gasteiger partial charge in [-0.3, -0.25) is 0 Å². The molecule has 1 aromatic heterocycles. The number of aromatic nitrogens is 1. The van der Waals surface area contributed by atoms with Crippen LogP contribution < -0.4 is 4.74 Å². The van der Waals surface area contributed by atoms with Gasteiger partial charge in [0.25, 0.3) is 0 Å². The molecule has 0 unspecified atom stereocenters. The molecule has 0 spiro atoms. The first kappa shape index (κ1) is 8.05. The van der Waals surface area contributed by atoms with Gasteiger partial charge in [-0.25, -0.2) is 4.98 Å². The Morgan fingerprint density at radius 1 is 1.58 bits per heavy atom. The van der Waals surface area contributed by atoms with Crippen LogP contribution >= 0.6 is 15.9 Å². The van der Waals surface area contributed by atoms with Crippen molar-refractivity contribution in [3.8, 4) is 5.88 Å². The SMILES string of the molecule is Cc1c(Br)cnc2c1CCCO2. The van der Waals surface area contributed by atoms with Crippen molar-refractivity contribution in [2.45, 2.75) is 19.8 Å². The zero-order valence-electron chi connectivity index (χ0n) is 6.93. The van der Waals surface area contributed by atoms with Crippen molar-refractivity contribution in [3.63, 3.8) is 0 Å². The van der Waals surface area contributed by atoms with Crippen LogP contribution in [0.5, 0.6) is 5.88 Å². The molecule has 12 heavy (non-hydrogen) atoms. The first-order chi connectivity index (χ1) is 5.79. The third-order valence-electron chi connectivity index (χ3n) is 2.17. The number of hydrogen-bond acceptors (Lipinski definition) is 2. The summed E-state index contributed by atoms with van der Waals surface area (Å²) in [5, 5.41) is 0. The summed E-state index contributed by atoms with van der Waals surface area (Å²) >= 11 is 3.46. The second kappa shape index (κ2) is 3.05. The molecule has 2 rings (SSSR count). The van der Waals surface area contributed by atoms with E-state index >= 15 is 0 Å². The van der Waals surface area contributed by atoms with Crippen molar-refractivity contribution in [2.75, 3.05) is 6.61 Å². The molecule has 1 aromatic rings. The molecule has 0 fully saturated rings. The van der Waals surface area contributed by atoms with Crippen molar-refractivity contribution < 1.29 is 4.74 Å². The van der Waals surface area contributed by atoms with E-state index in [4.69, 9.17) is 4.74 Å². The van der Waals surface area contributed by atoms with Crippen LogP contribution in [0.3, 0.4) is 0 Å². The van der Waals surface area contributed by atoms with Crippen LogP contribution in [0.15, 0.2) is 10.7 Å². The fraction of sp³-hybridized carbons (Fsp3) is 0.444. The summed E-state index contributed by atoms with van der Waals surface area (Å²) in [4.78, 5) is 4.21. The van der Waals surface area contributed by atoms with E-state index in [1.807, 2.05) is 0 Å². The lowest BCUT2D eigenvalue weighted by Crippen LogP contribution is -2.11. The Bertz CT molecular complexity index is 312. The summed E-state index contributed by atoms with van der Waals surface area (Å²) in [7, 11) is 0. The molecule has 0 aromatic carbocycles. The highest BCUT2D eigenvalue weighted by Crippen LogP contribution is 2.29. The van der Waals surface area contributed by atoms with Crippen LogP contribution in [0.1, 0.15) is 17.5 Å². The molecule has 0 N–H and O–H groups in total. The highest BCUT2D eigenvalue weighted by atomic mass is 79.9. The van der Waals surface area contributed by atoms with Crippen LogP contribution in [0, 0.1) is 6.92 Å². The van der Waals surface area contributed by atoms with Gasteiger partial charge in [0.05, 0.1) is 6.61 Å². The Hall–Kier alpha value is -0.570. The Kier molecular flexibility index (Phi) is 2.05. The van der Waals surface area contributed by atoms with Crippen molar-refractivity contribution >= 4 is 15.9 Å². The number of ether oxygens (including phenoxy) is 1. The van der Waals surface area contributed by atoms with E-state index in [0.29, 0.717) is 0 Å². The maximum Gasteiger partial charge on any atom is 0.216 e. The van der Waals surface area contributed by atoms with Crippen molar-refractivity contribution in [1.82, 2.24) is 4.98 Å². The maximum absolute atomic E-state index is 5.43. The number of hydrogen-bond donors (Lipinski definition) is 0. The molecule has 1 aliphatic heterocycles. The number of halogens is 1. The van der Waals surface area contributed by atoms with Gasteiger partial charge in [0, 0.05) is 16.2 Å². The molecular weight excluding hydrogens is 218 g/mol. The van der Waals surface area contributed by atoms with Crippen LogP contribution in [-0.4, -0.2) is 11.6 Å². The standard InChI is InChI=1S/C9H10BrNO/c1-6-7-3-2-4-12-9(7)11-5-8(6)10/h5H,2-4H2,1H3. The summed E-state index contributed by atoms with van der Waals surface area (Å²) < 4.78 is 6.50. The largest absolute Gasteiger partial charge is 0.477 e. The fourth-order valence-electron chi connectivity index (χ4n) is 1.43. The van der Waals surface area contributed by atoms with Gasteiger partial charge in [0.2, 0.25) is 5.88 Å². The minimum atomic E-state index is 0.807. The Labute approximate surface area is 80.1 Å². The summed E-state index contributed by atoms with van der Waals surface area (Å²) in [6, 6.07) is 0. The molecule has 64 valence electrons. The Morgan fingerprint density at radius 2 is 2.42 bits per heavy atom. The van der Waals surface area contributed by atoms with Crippen LogP contribution in [0.4, 0.5) is 0 Å². The quantitative estimate of drug-likeness (QED) is 0.680. The monoisotopic (exact) mass is 227 g/mol. The minimum Gasteiger partial charge on any atom is -0.477 e. The second-order valence-corrected chi connectivity index (χ2v) is 3.82. The van der Waals surface area contributed by atoms with Crippen LogP contribution in [-0.2, 0) is 6.42 Å². The number of rotatable bonds is 0. The van der Waals surface area contributed by atoms with Gasteiger partial charge in [-0.05, 0) is 41.3 Å². The Morgan fingerprint density at radius 3 is 3.25 bits per heavy atom. The molecule has 0 saturated carbocycles. The van der Waals surface area contributed by atoms with E-state index in [0.717, 1.165) is 29.8 Å². The molecule has 2 nitrogen and oxygen atoms in total. The lowest BCUT2D eigenvalue weighted by atomic mass is 10.1. The molecule has 3 heteroatoms. The van der Waals surface area contributed by atoms with Gasteiger partial charge in [0.1, 0.15) is 0 Å². The van der Waals surface area contributed by atoms with Gasteiger partial charge < -0.3 is 4.74 Å². The van der Waals surface area contributed by atoms with E-state index in [9.17, 15) is 0 Å². The summed E-state index contributed by atoms with van der Waals surface area (Å²) in [5.74, 6) is 0.821. The third kappa shape index (κ3) is 1.22. The normalized spacial score (nSPS) is 15.2. The summed E-state index contributed by atoms with van der Waals surface area (Å²) in [6.07, 6.45) is 4.00. The first-order valence-electron chi connectivity index (χ1n) is 4.06. The average Bonchev–Trinajstić information content (AvgIpc) is 2.12. The van der Waals surface area contributed by atoms with Crippen LogP contribution in [0.25, 0.3) is 0 Å². The molecule has 0 radical (unpaired) electrons. The van der Waals surface area contributed by atoms with Crippen LogP contribution in [0.2, 0.25) is 0 Å². The van der Waals surface area contributed by atoms with Gasteiger partial charge in [-0.2, -0.15) is 0 Å². The molecule has 0 amide bonds. The molecule has 0 aliphatic carbocycles. The van der Waals surface area contributed by atoms with Gasteiger partial charge >= 0.3 is 0 Å². The van der Waals surface area contributed by atoms with Gasteiger partial charge in [-0.15, -0.1) is 0 Å². The minimum absolute atomic E-state index is 0.807. The van der Waals surface area contributed by atoms with E-state index in [1.54, 1.807) is 6.20 Å². The molecule has 0 bridgehead atoms. The Balaban J connectivity index is 2.54. The average molecular weight is 228 g/mol. The highest BCUT2D eigenvalue weighted by molar-refractivity contribution is 9.10. The van der Waals surface area contributed by atoms with E-state index in [-0.39, 0.29) is 0 Å². The van der Waals surface area contributed by atoms with Crippen molar-refractivity contribution in [1.29, 1.82) is 0 Å². The predicted molar refractivity (Wildman–Crippen MR) is 50.5 cm³/mol. The second-order valence-electron chi connectivity index (χ2n) is 2.97. The van der Waals surface area contributed by atoms with Gasteiger partial charge in [-0.1, -0.05) is 0 Å². The van der Waals surface area contributed by atoms with E-state index in [2.05, 4.69) is 27.8 Å². The molecular formula is C9H10BrNO. The first-order valence-corrected chi connectivity index (χ1v) is 4.85. The van der Waals surface area contributed by atoms with Crippen molar-refractivity contribution in [2.24, 2.45) is 0 Å².